The van der Waals surface area contributed by atoms with E-state index >= 15 is 0 Å². The van der Waals surface area contributed by atoms with Gasteiger partial charge in [0, 0.05) is 32.0 Å². The lowest BCUT2D eigenvalue weighted by molar-refractivity contribution is 0.0161. The van der Waals surface area contributed by atoms with Crippen molar-refractivity contribution in [3.63, 3.8) is 0 Å². The first-order valence-electron chi connectivity index (χ1n) is 9.21. The molecule has 1 amide bonds. The number of hydrogen-bond acceptors (Lipinski definition) is 6. The third kappa shape index (κ3) is 4.04. The molecule has 142 valence electrons. The van der Waals surface area contributed by atoms with Crippen molar-refractivity contribution in [1.82, 2.24) is 15.2 Å². The summed E-state index contributed by atoms with van der Waals surface area (Å²) in [5.41, 5.74) is 1.58. The van der Waals surface area contributed by atoms with E-state index < -0.39 is 0 Å². The zero-order valence-electron chi connectivity index (χ0n) is 15.1. The van der Waals surface area contributed by atoms with E-state index in [1.54, 1.807) is 12.3 Å². The first-order valence-corrected chi connectivity index (χ1v) is 9.21. The Morgan fingerprint density at radius 1 is 1.11 bits per heavy atom. The van der Waals surface area contributed by atoms with Gasteiger partial charge in [0.05, 0.1) is 24.8 Å². The van der Waals surface area contributed by atoms with Crippen LogP contribution in [0.1, 0.15) is 22.0 Å². The van der Waals surface area contributed by atoms with Gasteiger partial charge in [0.1, 0.15) is 13.2 Å². The van der Waals surface area contributed by atoms with Crippen LogP contribution in [-0.2, 0) is 4.74 Å². The van der Waals surface area contributed by atoms with Gasteiger partial charge in [0.25, 0.3) is 5.91 Å². The number of amides is 1. The monoisotopic (exact) mass is 369 g/mol. The molecule has 2 aromatic rings. The van der Waals surface area contributed by atoms with Crippen molar-refractivity contribution in [1.29, 1.82) is 0 Å². The highest BCUT2D eigenvalue weighted by molar-refractivity contribution is 5.97. The quantitative estimate of drug-likeness (QED) is 0.864. The van der Waals surface area contributed by atoms with Crippen LogP contribution in [0.15, 0.2) is 42.7 Å². The Hall–Kier alpha value is -2.64. The van der Waals surface area contributed by atoms with Crippen molar-refractivity contribution in [2.24, 2.45) is 0 Å². The fourth-order valence-corrected chi connectivity index (χ4v) is 3.46. The SMILES string of the molecule is O=C(NC[C@H](c1cccnc1)N1CCOCC1)c1cccc2c1OCCO2. The van der Waals surface area contributed by atoms with E-state index in [9.17, 15) is 4.79 Å². The summed E-state index contributed by atoms with van der Waals surface area (Å²) in [6, 6.07) is 9.39. The van der Waals surface area contributed by atoms with Crippen LogP contribution in [0.25, 0.3) is 0 Å². The number of para-hydroxylation sites is 1. The van der Waals surface area contributed by atoms with E-state index in [4.69, 9.17) is 14.2 Å². The maximum atomic E-state index is 12.8. The second kappa shape index (κ2) is 8.37. The molecule has 2 aliphatic rings. The summed E-state index contributed by atoms with van der Waals surface area (Å²) >= 11 is 0. The predicted octanol–water partition coefficient (Wildman–Crippen LogP) is 1.66. The molecule has 27 heavy (non-hydrogen) atoms. The minimum Gasteiger partial charge on any atom is -0.486 e. The van der Waals surface area contributed by atoms with Crippen molar-refractivity contribution in [3.05, 3.63) is 53.9 Å². The number of nitrogens with one attached hydrogen (secondary N) is 1. The van der Waals surface area contributed by atoms with Gasteiger partial charge in [-0.05, 0) is 23.8 Å². The van der Waals surface area contributed by atoms with E-state index in [1.165, 1.54) is 0 Å². The molecule has 1 aromatic carbocycles. The molecule has 1 atom stereocenters. The molecule has 1 saturated heterocycles. The van der Waals surface area contributed by atoms with Crippen LogP contribution in [-0.4, -0.2) is 61.9 Å². The molecule has 0 unspecified atom stereocenters. The van der Waals surface area contributed by atoms with E-state index in [0.29, 0.717) is 50.0 Å². The zero-order valence-corrected chi connectivity index (χ0v) is 15.1. The smallest absolute Gasteiger partial charge is 0.255 e. The fraction of sp³-hybridized carbons (Fsp3) is 0.400. The largest absolute Gasteiger partial charge is 0.486 e. The van der Waals surface area contributed by atoms with E-state index in [-0.39, 0.29) is 11.9 Å². The number of ether oxygens (including phenoxy) is 3. The Labute approximate surface area is 158 Å². The van der Waals surface area contributed by atoms with Gasteiger partial charge in [-0.1, -0.05) is 12.1 Å². The van der Waals surface area contributed by atoms with E-state index in [2.05, 4.69) is 15.2 Å². The standard InChI is InChI=1S/C20H23N3O4/c24-20(16-4-1-5-18-19(16)27-12-11-26-18)22-14-17(15-3-2-6-21-13-15)23-7-9-25-10-8-23/h1-6,13,17H,7-12,14H2,(H,22,24)/t17-/m1/s1. The number of carbonyl (C=O) groups excluding carboxylic acids is 1. The van der Waals surface area contributed by atoms with Gasteiger partial charge in [-0.25, -0.2) is 0 Å². The molecule has 1 fully saturated rings. The minimum absolute atomic E-state index is 0.0447. The van der Waals surface area contributed by atoms with Crippen LogP contribution >= 0.6 is 0 Å². The number of carbonyl (C=O) groups is 1. The second-order valence-electron chi connectivity index (χ2n) is 6.49. The summed E-state index contributed by atoms with van der Waals surface area (Å²) in [7, 11) is 0. The third-order valence-corrected chi connectivity index (χ3v) is 4.82. The predicted molar refractivity (Wildman–Crippen MR) is 99.1 cm³/mol. The Morgan fingerprint density at radius 2 is 1.96 bits per heavy atom. The molecule has 1 N–H and O–H groups in total. The lowest BCUT2D eigenvalue weighted by Crippen LogP contribution is -2.44. The number of benzene rings is 1. The molecule has 1 aromatic heterocycles. The van der Waals surface area contributed by atoms with Gasteiger partial charge >= 0.3 is 0 Å². The fourth-order valence-electron chi connectivity index (χ4n) is 3.46. The number of fused-ring (bicyclic) bond motifs is 1. The summed E-state index contributed by atoms with van der Waals surface area (Å²) in [6.07, 6.45) is 3.61. The molecule has 0 saturated carbocycles. The van der Waals surface area contributed by atoms with Gasteiger partial charge < -0.3 is 19.5 Å². The summed E-state index contributed by atoms with van der Waals surface area (Å²) in [5, 5.41) is 3.06. The van der Waals surface area contributed by atoms with Crippen LogP contribution in [0.2, 0.25) is 0 Å². The van der Waals surface area contributed by atoms with Crippen molar-refractivity contribution >= 4 is 5.91 Å². The molecular weight excluding hydrogens is 346 g/mol. The van der Waals surface area contributed by atoms with Gasteiger partial charge in [-0.2, -0.15) is 0 Å². The van der Waals surface area contributed by atoms with Gasteiger partial charge in [0.15, 0.2) is 11.5 Å². The van der Waals surface area contributed by atoms with Gasteiger partial charge in [-0.3, -0.25) is 14.7 Å². The van der Waals surface area contributed by atoms with Crippen molar-refractivity contribution in [2.45, 2.75) is 6.04 Å². The van der Waals surface area contributed by atoms with E-state index in [1.807, 2.05) is 30.5 Å². The molecule has 0 spiro atoms. The molecular formula is C20H23N3O4. The average Bonchev–Trinajstić information content (AvgIpc) is 2.75. The molecule has 0 aliphatic carbocycles. The molecule has 4 rings (SSSR count). The molecule has 0 radical (unpaired) electrons. The number of aromatic nitrogens is 1. The molecule has 3 heterocycles. The minimum atomic E-state index is -0.167. The number of nitrogens with zero attached hydrogens (tertiary/aromatic N) is 2. The summed E-state index contributed by atoms with van der Waals surface area (Å²) in [5.74, 6) is 0.968. The molecule has 2 aliphatic heterocycles. The topological polar surface area (TPSA) is 72.9 Å². The third-order valence-electron chi connectivity index (χ3n) is 4.82. The first kappa shape index (κ1) is 17.8. The highest BCUT2D eigenvalue weighted by atomic mass is 16.6. The maximum absolute atomic E-state index is 12.8. The second-order valence-corrected chi connectivity index (χ2v) is 6.49. The van der Waals surface area contributed by atoms with Gasteiger partial charge in [0.2, 0.25) is 0 Å². The summed E-state index contributed by atoms with van der Waals surface area (Å²) in [4.78, 5) is 19.4. The average molecular weight is 369 g/mol. The Bertz CT molecular complexity index is 778. The zero-order chi connectivity index (χ0) is 18.5. The molecule has 7 nitrogen and oxygen atoms in total. The summed E-state index contributed by atoms with van der Waals surface area (Å²) in [6.45, 7) is 4.47. The lowest BCUT2D eigenvalue weighted by Gasteiger charge is -2.34. The van der Waals surface area contributed by atoms with Gasteiger partial charge in [-0.15, -0.1) is 0 Å². The number of morpholine rings is 1. The first-order chi connectivity index (χ1) is 13.3. The maximum Gasteiger partial charge on any atom is 0.255 e. The Kier molecular flexibility index (Phi) is 5.50. The molecule has 0 bridgehead atoms. The van der Waals surface area contributed by atoms with Crippen molar-refractivity contribution in [2.75, 3.05) is 46.1 Å². The normalized spacial score (nSPS) is 17.9. The number of pyridine rings is 1. The van der Waals surface area contributed by atoms with Crippen LogP contribution in [0.4, 0.5) is 0 Å². The number of rotatable bonds is 5. The van der Waals surface area contributed by atoms with Crippen molar-refractivity contribution in [3.8, 4) is 11.5 Å². The van der Waals surface area contributed by atoms with Crippen LogP contribution in [0, 0.1) is 0 Å². The Balaban J connectivity index is 1.50. The highest BCUT2D eigenvalue weighted by Crippen LogP contribution is 2.33. The lowest BCUT2D eigenvalue weighted by atomic mass is 10.1. The molecule has 7 heteroatoms. The van der Waals surface area contributed by atoms with Crippen LogP contribution in [0.3, 0.4) is 0 Å². The van der Waals surface area contributed by atoms with E-state index in [0.717, 1.165) is 18.7 Å². The van der Waals surface area contributed by atoms with Crippen LogP contribution in [0.5, 0.6) is 11.5 Å². The van der Waals surface area contributed by atoms with Crippen molar-refractivity contribution < 1.29 is 19.0 Å². The number of hydrogen-bond donors (Lipinski definition) is 1. The Morgan fingerprint density at radius 3 is 2.78 bits per heavy atom. The highest BCUT2D eigenvalue weighted by Gasteiger charge is 2.25. The van der Waals surface area contributed by atoms with Crippen LogP contribution < -0.4 is 14.8 Å². The summed E-state index contributed by atoms with van der Waals surface area (Å²) < 4.78 is 16.7.